The van der Waals surface area contributed by atoms with Gasteiger partial charge in [-0.3, -0.25) is 9.59 Å². The maximum Gasteiger partial charge on any atom is 0.307 e. The second-order valence-corrected chi connectivity index (χ2v) is 8.98. The van der Waals surface area contributed by atoms with Gasteiger partial charge in [0.25, 0.3) is 0 Å². The van der Waals surface area contributed by atoms with Gasteiger partial charge >= 0.3 is 5.97 Å². The molecule has 0 aromatic carbocycles. The van der Waals surface area contributed by atoms with Crippen molar-refractivity contribution in [1.29, 1.82) is 0 Å². The Labute approximate surface area is 138 Å². The molecule has 0 aliphatic heterocycles. The van der Waals surface area contributed by atoms with E-state index in [4.69, 9.17) is 0 Å². The standard InChI is InChI=1S/C20H28O3/c1-19-9-7-13(21)11-12(19)3-4-14-15-5-6-17(18(22)23)20(15,2)10-8-16(14)19/h11,14-17H,3-10H2,1-2H3,(H,22,23)/t14?,15?,16?,17-,19?,20?/m1/s1. The van der Waals surface area contributed by atoms with E-state index >= 15 is 0 Å². The Morgan fingerprint density at radius 1 is 1.09 bits per heavy atom. The summed E-state index contributed by atoms with van der Waals surface area (Å²) < 4.78 is 0. The van der Waals surface area contributed by atoms with Crippen LogP contribution in [0.5, 0.6) is 0 Å². The van der Waals surface area contributed by atoms with Gasteiger partial charge in [-0.25, -0.2) is 0 Å². The van der Waals surface area contributed by atoms with E-state index in [0.29, 0.717) is 30.0 Å². The average molecular weight is 316 g/mol. The van der Waals surface area contributed by atoms with E-state index in [1.165, 1.54) is 5.57 Å². The van der Waals surface area contributed by atoms with Gasteiger partial charge in [0, 0.05) is 6.42 Å². The summed E-state index contributed by atoms with van der Waals surface area (Å²) in [6.07, 6.45) is 9.99. The number of carbonyl (C=O) groups is 2. The van der Waals surface area contributed by atoms with Gasteiger partial charge in [-0.1, -0.05) is 19.4 Å². The monoisotopic (exact) mass is 316 g/mol. The lowest BCUT2D eigenvalue weighted by Crippen LogP contribution is -2.51. The highest BCUT2D eigenvalue weighted by atomic mass is 16.4. The highest BCUT2D eigenvalue weighted by Gasteiger charge is 2.60. The van der Waals surface area contributed by atoms with Crippen LogP contribution < -0.4 is 0 Å². The Morgan fingerprint density at radius 3 is 2.61 bits per heavy atom. The van der Waals surface area contributed by atoms with E-state index in [-0.39, 0.29) is 16.7 Å². The van der Waals surface area contributed by atoms with Crippen LogP contribution in [0.4, 0.5) is 0 Å². The normalized spacial score (nSPS) is 49.0. The van der Waals surface area contributed by atoms with Crippen LogP contribution in [0.25, 0.3) is 0 Å². The molecule has 0 amide bonds. The van der Waals surface area contributed by atoms with Crippen molar-refractivity contribution in [2.75, 3.05) is 0 Å². The molecule has 6 atom stereocenters. The molecule has 126 valence electrons. The lowest BCUT2D eigenvalue weighted by molar-refractivity contribution is -0.149. The van der Waals surface area contributed by atoms with Crippen molar-refractivity contribution in [2.45, 2.75) is 65.2 Å². The van der Waals surface area contributed by atoms with Gasteiger partial charge in [-0.2, -0.15) is 0 Å². The lowest BCUT2D eigenvalue weighted by atomic mass is 9.47. The molecule has 4 aliphatic rings. The summed E-state index contributed by atoms with van der Waals surface area (Å²) in [4.78, 5) is 23.5. The minimum absolute atomic E-state index is 0.00490. The third-order valence-corrected chi connectivity index (χ3v) is 8.26. The molecular weight excluding hydrogens is 288 g/mol. The van der Waals surface area contributed by atoms with Gasteiger partial charge in [-0.05, 0) is 79.6 Å². The molecule has 0 aromatic heterocycles. The number of ketones is 1. The molecule has 0 bridgehead atoms. The van der Waals surface area contributed by atoms with E-state index in [2.05, 4.69) is 13.8 Å². The molecule has 23 heavy (non-hydrogen) atoms. The second-order valence-electron chi connectivity index (χ2n) is 8.98. The summed E-state index contributed by atoms with van der Waals surface area (Å²) in [5, 5.41) is 9.63. The lowest BCUT2D eigenvalue weighted by Gasteiger charge is -2.57. The zero-order chi connectivity index (χ0) is 16.4. The number of carbonyl (C=O) groups excluding carboxylic acids is 1. The van der Waals surface area contributed by atoms with E-state index in [1.807, 2.05) is 6.08 Å². The minimum atomic E-state index is -0.584. The van der Waals surface area contributed by atoms with Crippen LogP contribution in [0.15, 0.2) is 11.6 Å². The third kappa shape index (κ3) is 2.01. The predicted octanol–water partition coefficient (Wildman–Crippen LogP) is 4.22. The zero-order valence-electron chi connectivity index (χ0n) is 14.3. The fourth-order valence-electron chi connectivity index (χ4n) is 6.97. The van der Waals surface area contributed by atoms with Gasteiger partial charge in [0.1, 0.15) is 0 Å². The summed E-state index contributed by atoms with van der Waals surface area (Å²) >= 11 is 0. The number of rotatable bonds is 1. The van der Waals surface area contributed by atoms with Crippen molar-refractivity contribution in [3.05, 3.63) is 11.6 Å². The fourth-order valence-corrected chi connectivity index (χ4v) is 6.97. The highest BCUT2D eigenvalue weighted by molar-refractivity contribution is 5.91. The minimum Gasteiger partial charge on any atom is -0.481 e. The van der Waals surface area contributed by atoms with Gasteiger partial charge in [-0.15, -0.1) is 0 Å². The van der Waals surface area contributed by atoms with Crippen LogP contribution in [-0.4, -0.2) is 16.9 Å². The SMILES string of the molecule is CC12CCC(=O)C=C1CCC1C2CCC2(C)C1CC[C@@H]2C(=O)O. The smallest absolute Gasteiger partial charge is 0.307 e. The van der Waals surface area contributed by atoms with Crippen LogP contribution in [0, 0.1) is 34.5 Å². The summed E-state index contributed by atoms with van der Waals surface area (Å²) in [5.41, 5.74) is 1.58. The van der Waals surface area contributed by atoms with Crippen LogP contribution in [-0.2, 0) is 9.59 Å². The van der Waals surface area contributed by atoms with Gasteiger partial charge < -0.3 is 5.11 Å². The number of hydrogen-bond acceptors (Lipinski definition) is 2. The largest absolute Gasteiger partial charge is 0.481 e. The number of aliphatic carboxylic acids is 1. The molecule has 3 fully saturated rings. The molecule has 3 nitrogen and oxygen atoms in total. The van der Waals surface area contributed by atoms with Gasteiger partial charge in [0.2, 0.25) is 0 Å². The molecule has 0 radical (unpaired) electrons. The van der Waals surface area contributed by atoms with Gasteiger partial charge in [0.05, 0.1) is 5.92 Å². The molecule has 4 rings (SSSR count). The molecule has 5 unspecified atom stereocenters. The van der Waals surface area contributed by atoms with E-state index in [9.17, 15) is 14.7 Å². The molecule has 0 aromatic rings. The van der Waals surface area contributed by atoms with Crippen molar-refractivity contribution in [3.8, 4) is 0 Å². The molecule has 1 N–H and O–H groups in total. The highest BCUT2D eigenvalue weighted by Crippen LogP contribution is 2.66. The Kier molecular flexibility index (Phi) is 3.31. The number of hydrogen-bond donors (Lipinski definition) is 1. The Hall–Kier alpha value is -1.12. The van der Waals surface area contributed by atoms with E-state index < -0.39 is 5.97 Å². The van der Waals surface area contributed by atoms with Gasteiger partial charge in [0.15, 0.2) is 5.78 Å². The Balaban J connectivity index is 1.67. The van der Waals surface area contributed by atoms with Crippen molar-refractivity contribution in [2.24, 2.45) is 34.5 Å². The maximum absolute atomic E-state index is 11.8. The molecule has 3 heteroatoms. The first-order valence-electron chi connectivity index (χ1n) is 9.33. The molecule has 3 saturated carbocycles. The average Bonchev–Trinajstić information content (AvgIpc) is 2.85. The summed E-state index contributed by atoms with van der Waals surface area (Å²) in [6.45, 7) is 4.63. The molecular formula is C20H28O3. The van der Waals surface area contributed by atoms with Crippen LogP contribution in [0.3, 0.4) is 0 Å². The quantitative estimate of drug-likeness (QED) is 0.788. The van der Waals surface area contributed by atoms with Crippen LogP contribution in [0.1, 0.15) is 65.2 Å². The van der Waals surface area contributed by atoms with E-state index in [1.54, 1.807) is 0 Å². The first-order valence-corrected chi connectivity index (χ1v) is 9.33. The Morgan fingerprint density at radius 2 is 1.87 bits per heavy atom. The first kappa shape index (κ1) is 15.4. The predicted molar refractivity (Wildman–Crippen MR) is 87.8 cm³/mol. The summed E-state index contributed by atoms with van der Waals surface area (Å²) in [5.74, 6) is 1.46. The Bertz CT molecular complexity index is 592. The molecule has 0 heterocycles. The maximum atomic E-state index is 11.8. The summed E-state index contributed by atoms with van der Waals surface area (Å²) in [6, 6.07) is 0. The summed E-state index contributed by atoms with van der Waals surface area (Å²) in [7, 11) is 0. The number of fused-ring (bicyclic) bond motifs is 5. The van der Waals surface area contributed by atoms with Crippen molar-refractivity contribution in [1.82, 2.24) is 0 Å². The third-order valence-electron chi connectivity index (χ3n) is 8.26. The van der Waals surface area contributed by atoms with Crippen molar-refractivity contribution in [3.63, 3.8) is 0 Å². The number of carboxylic acid groups (broad SMARTS) is 1. The van der Waals surface area contributed by atoms with Crippen molar-refractivity contribution < 1.29 is 14.7 Å². The molecule has 0 saturated heterocycles. The van der Waals surface area contributed by atoms with Crippen LogP contribution in [0.2, 0.25) is 0 Å². The van der Waals surface area contributed by atoms with Crippen molar-refractivity contribution >= 4 is 11.8 Å². The second kappa shape index (κ2) is 4.94. The number of allylic oxidation sites excluding steroid dienone is 1. The van der Waals surface area contributed by atoms with E-state index in [0.717, 1.165) is 44.9 Å². The molecule has 0 spiro atoms. The first-order chi connectivity index (χ1) is 10.9. The molecule has 4 aliphatic carbocycles. The fraction of sp³-hybridized carbons (Fsp3) is 0.800. The van der Waals surface area contributed by atoms with Crippen LogP contribution >= 0.6 is 0 Å². The topological polar surface area (TPSA) is 54.4 Å². The number of carboxylic acids is 1. The zero-order valence-corrected chi connectivity index (χ0v) is 14.3.